The summed E-state index contributed by atoms with van der Waals surface area (Å²) in [4.78, 5) is 14.5. The van der Waals surface area contributed by atoms with Gasteiger partial charge in [-0.25, -0.2) is 8.42 Å². The van der Waals surface area contributed by atoms with E-state index in [-0.39, 0.29) is 31.0 Å². The van der Waals surface area contributed by atoms with Gasteiger partial charge in [-0.1, -0.05) is 31.9 Å². The molecule has 1 aromatic rings. The van der Waals surface area contributed by atoms with Gasteiger partial charge < -0.3 is 4.90 Å². The predicted molar refractivity (Wildman–Crippen MR) is 114 cm³/mol. The molecule has 10 heteroatoms. The average Bonchev–Trinajstić information content (AvgIpc) is 2.73. The van der Waals surface area contributed by atoms with Crippen molar-refractivity contribution in [2.45, 2.75) is 70.0 Å². The van der Waals surface area contributed by atoms with Gasteiger partial charge in [0.25, 0.3) is 0 Å². The average molecular weight is 483 g/mol. The van der Waals surface area contributed by atoms with Crippen LogP contribution in [0.5, 0.6) is 0 Å². The minimum absolute atomic E-state index is 0.0331. The molecule has 0 bridgehead atoms. The van der Waals surface area contributed by atoms with Crippen LogP contribution in [-0.2, 0) is 21.0 Å². The molecule has 1 heterocycles. The Bertz CT molecular complexity index is 869. The molecule has 0 N–H and O–H groups in total. The number of unbranched alkanes of at least 4 members (excludes halogenated alkanes) is 1. The second kappa shape index (κ2) is 10.5. The van der Waals surface area contributed by atoms with E-state index in [1.165, 1.54) is 0 Å². The van der Waals surface area contributed by atoms with E-state index in [0.29, 0.717) is 25.5 Å². The minimum Gasteiger partial charge on any atom is -0.340 e. The van der Waals surface area contributed by atoms with Crippen molar-refractivity contribution in [3.05, 3.63) is 28.8 Å². The Morgan fingerprint density at radius 2 is 1.87 bits per heavy atom. The lowest BCUT2D eigenvalue weighted by Crippen LogP contribution is -2.47. The van der Waals surface area contributed by atoms with Crippen molar-refractivity contribution < 1.29 is 26.4 Å². The highest BCUT2D eigenvalue weighted by Crippen LogP contribution is 2.37. The number of alkyl halides is 3. The van der Waals surface area contributed by atoms with E-state index in [9.17, 15) is 26.4 Å². The molecular weight excluding hydrogens is 453 g/mol. The summed E-state index contributed by atoms with van der Waals surface area (Å²) in [7, 11) is -4.12. The molecule has 0 aliphatic carbocycles. The van der Waals surface area contributed by atoms with Crippen LogP contribution in [-0.4, -0.2) is 49.2 Å². The van der Waals surface area contributed by atoms with Gasteiger partial charge >= 0.3 is 6.18 Å². The molecule has 1 aliphatic heterocycles. The maximum Gasteiger partial charge on any atom is 0.417 e. The SMILES string of the molecule is CCCCN(C(=O)C1CCN(S(=O)(=O)c2ccc(Cl)c(C(F)(F)F)c2)CC1)C(C)CC. The van der Waals surface area contributed by atoms with Gasteiger partial charge in [0.15, 0.2) is 0 Å². The van der Waals surface area contributed by atoms with Gasteiger partial charge in [-0.3, -0.25) is 4.79 Å². The van der Waals surface area contributed by atoms with Gasteiger partial charge in [-0.05, 0) is 50.8 Å². The van der Waals surface area contributed by atoms with E-state index in [1.807, 2.05) is 18.7 Å². The number of rotatable bonds is 8. The molecule has 1 aromatic carbocycles. The first kappa shape index (κ1) is 25.9. The number of amides is 1. The van der Waals surface area contributed by atoms with Crippen molar-refractivity contribution in [3.63, 3.8) is 0 Å². The summed E-state index contributed by atoms with van der Waals surface area (Å²) >= 11 is 5.60. The Kier molecular flexibility index (Phi) is 8.81. The van der Waals surface area contributed by atoms with E-state index in [1.54, 1.807) is 0 Å². The van der Waals surface area contributed by atoms with Gasteiger partial charge in [0.2, 0.25) is 15.9 Å². The van der Waals surface area contributed by atoms with Gasteiger partial charge in [-0.15, -0.1) is 0 Å². The molecule has 1 amide bonds. The Hall–Kier alpha value is -1.32. The lowest BCUT2D eigenvalue weighted by Gasteiger charge is -2.36. The monoisotopic (exact) mass is 482 g/mol. The second-order valence-corrected chi connectivity index (χ2v) is 10.3. The quantitative estimate of drug-likeness (QED) is 0.512. The maximum absolute atomic E-state index is 13.1. The third-order valence-corrected chi connectivity index (χ3v) is 8.07. The third-order valence-electron chi connectivity index (χ3n) is 5.84. The highest BCUT2D eigenvalue weighted by molar-refractivity contribution is 7.89. The van der Waals surface area contributed by atoms with Gasteiger partial charge in [0, 0.05) is 31.6 Å². The highest BCUT2D eigenvalue weighted by atomic mass is 35.5. The molecule has 1 unspecified atom stereocenters. The lowest BCUT2D eigenvalue weighted by molar-refractivity contribution is -0.139. The molecular formula is C21H30ClF3N2O3S. The van der Waals surface area contributed by atoms with E-state index in [2.05, 4.69) is 6.92 Å². The first-order chi connectivity index (χ1) is 14.4. The second-order valence-electron chi connectivity index (χ2n) is 7.96. The Morgan fingerprint density at radius 3 is 2.39 bits per heavy atom. The van der Waals surface area contributed by atoms with E-state index in [0.717, 1.165) is 35.7 Å². The van der Waals surface area contributed by atoms with Crippen LogP contribution in [0.15, 0.2) is 23.1 Å². The topological polar surface area (TPSA) is 57.7 Å². The van der Waals surface area contributed by atoms with Gasteiger partial charge in [0.05, 0.1) is 15.5 Å². The minimum atomic E-state index is -4.75. The zero-order valence-electron chi connectivity index (χ0n) is 18.1. The Morgan fingerprint density at radius 1 is 1.26 bits per heavy atom. The number of carbonyl (C=O) groups is 1. The van der Waals surface area contributed by atoms with Crippen molar-refractivity contribution in [1.82, 2.24) is 9.21 Å². The molecule has 1 fully saturated rings. The van der Waals surface area contributed by atoms with Crippen molar-refractivity contribution in [2.24, 2.45) is 5.92 Å². The number of carbonyl (C=O) groups excluding carboxylic acids is 1. The van der Waals surface area contributed by atoms with E-state index >= 15 is 0 Å². The van der Waals surface area contributed by atoms with Crippen LogP contribution in [0.2, 0.25) is 5.02 Å². The molecule has 1 aliphatic rings. The molecule has 0 aromatic heterocycles. The van der Waals surface area contributed by atoms with E-state index < -0.39 is 31.7 Å². The predicted octanol–water partition coefficient (Wildman–Crippen LogP) is 5.19. The summed E-state index contributed by atoms with van der Waals surface area (Å²) in [6.45, 7) is 6.94. The van der Waals surface area contributed by atoms with Crippen molar-refractivity contribution in [1.29, 1.82) is 0 Å². The fraction of sp³-hybridized carbons (Fsp3) is 0.667. The molecule has 0 saturated carbocycles. The van der Waals surface area contributed by atoms with Crippen molar-refractivity contribution in [3.8, 4) is 0 Å². The van der Waals surface area contributed by atoms with Crippen molar-refractivity contribution in [2.75, 3.05) is 19.6 Å². The lowest BCUT2D eigenvalue weighted by atomic mass is 9.95. The molecule has 31 heavy (non-hydrogen) atoms. The van der Waals surface area contributed by atoms with Gasteiger partial charge in [-0.2, -0.15) is 17.5 Å². The first-order valence-electron chi connectivity index (χ1n) is 10.6. The summed E-state index contributed by atoms with van der Waals surface area (Å²) in [6.07, 6.45) is -1.35. The van der Waals surface area contributed by atoms with E-state index in [4.69, 9.17) is 11.6 Å². The number of sulfonamides is 1. The summed E-state index contributed by atoms with van der Waals surface area (Å²) < 4.78 is 66.3. The number of hydrogen-bond acceptors (Lipinski definition) is 3. The Balaban J connectivity index is 2.13. The largest absolute Gasteiger partial charge is 0.417 e. The third kappa shape index (κ3) is 6.14. The van der Waals surface area contributed by atoms with Crippen LogP contribution in [0.1, 0.15) is 58.4 Å². The van der Waals surface area contributed by atoms with Crippen LogP contribution in [0.25, 0.3) is 0 Å². The zero-order chi connectivity index (χ0) is 23.4. The molecule has 5 nitrogen and oxygen atoms in total. The number of piperidine rings is 1. The first-order valence-corrected chi connectivity index (χ1v) is 12.4. The molecule has 0 spiro atoms. The number of nitrogens with zero attached hydrogens (tertiary/aromatic N) is 2. The number of benzene rings is 1. The van der Waals surface area contributed by atoms with Crippen molar-refractivity contribution >= 4 is 27.5 Å². The number of hydrogen-bond donors (Lipinski definition) is 0. The van der Waals surface area contributed by atoms with Crippen LogP contribution in [0, 0.1) is 5.92 Å². The molecule has 176 valence electrons. The summed E-state index contributed by atoms with van der Waals surface area (Å²) in [6, 6.07) is 2.71. The van der Waals surface area contributed by atoms with Crippen LogP contribution in [0.3, 0.4) is 0 Å². The molecule has 2 rings (SSSR count). The molecule has 1 saturated heterocycles. The summed E-state index contributed by atoms with van der Waals surface area (Å²) in [5.74, 6) is -0.251. The molecule has 1 atom stereocenters. The van der Waals surface area contributed by atoms with Crippen LogP contribution in [0.4, 0.5) is 13.2 Å². The van der Waals surface area contributed by atoms with Crippen LogP contribution >= 0.6 is 11.6 Å². The van der Waals surface area contributed by atoms with Gasteiger partial charge in [0.1, 0.15) is 0 Å². The summed E-state index contributed by atoms with van der Waals surface area (Å²) in [5.41, 5.74) is -1.18. The van der Waals surface area contributed by atoms with Crippen LogP contribution < -0.4 is 0 Å². The summed E-state index contributed by atoms with van der Waals surface area (Å²) in [5, 5.41) is -0.548. The zero-order valence-corrected chi connectivity index (χ0v) is 19.7. The normalized spacial score (nSPS) is 17.5. The Labute approximate surface area is 187 Å². The molecule has 0 radical (unpaired) electrons. The highest BCUT2D eigenvalue weighted by Gasteiger charge is 2.37. The fourth-order valence-electron chi connectivity index (χ4n) is 3.71. The number of halogens is 4. The standard InChI is InChI=1S/C21H30ClF3N2O3S/c1-4-6-11-27(15(3)5-2)20(28)16-9-12-26(13-10-16)31(29,30)17-7-8-19(22)18(14-17)21(23,24)25/h7-8,14-16H,4-6,9-13H2,1-3H3. The maximum atomic E-state index is 13.1. The smallest absolute Gasteiger partial charge is 0.340 e. The fourth-order valence-corrected chi connectivity index (χ4v) is 5.43.